The number of aromatic amines is 1. The van der Waals surface area contributed by atoms with E-state index >= 15 is 0 Å². The Labute approximate surface area is 122 Å². The molecule has 0 unspecified atom stereocenters. The number of H-pyrrole nitrogens is 1. The maximum absolute atomic E-state index is 13.0. The van der Waals surface area contributed by atoms with Gasteiger partial charge in [-0.3, -0.25) is 4.79 Å². The molecule has 3 N–H and O–H groups in total. The highest BCUT2D eigenvalue weighted by Crippen LogP contribution is 2.25. The summed E-state index contributed by atoms with van der Waals surface area (Å²) in [6, 6.07) is 6.20. The van der Waals surface area contributed by atoms with Gasteiger partial charge in [0, 0.05) is 37.1 Å². The van der Waals surface area contributed by atoms with E-state index < -0.39 is 0 Å². The van der Waals surface area contributed by atoms with Crippen molar-refractivity contribution in [1.82, 2.24) is 9.88 Å². The topological polar surface area (TPSA) is 62.1 Å². The smallest absolute Gasteiger partial charge is 0.256 e. The lowest BCUT2D eigenvalue weighted by Crippen LogP contribution is -2.45. The molecule has 1 aliphatic heterocycles. The second kappa shape index (κ2) is 5.69. The first kappa shape index (κ1) is 13.8. The maximum atomic E-state index is 13.0. The number of nitrogens with zero attached hydrogens (tertiary/aromatic N) is 1. The highest BCUT2D eigenvalue weighted by Gasteiger charge is 2.24. The molecular formula is C16H18FN3O. The molecule has 0 bridgehead atoms. The maximum Gasteiger partial charge on any atom is 0.256 e. The van der Waals surface area contributed by atoms with Gasteiger partial charge in [0.15, 0.2) is 0 Å². The number of amides is 1. The van der Waals surface area contributed by atoms with E-state index in [9.17, 15) is 9.18 Å². The molecule has 4 nitrogen and oxygen atoms in total. The van der Waals surface area contributed by atoms with Gasteiger partial charge in [-0.25, -0.2) is 4.39 Å². The van der Waals surface area contributed by atoms with Crippen LogP contribution >= 0.6 is 0 Å². The van der Waals surface area contributed by atoms with Gasteiger partial charge in [-0.05, 0) is 30.5 Å². The number of piperidine rings is 1. The van der Waals surface area contributed by atoms with E-state index in [0.29, 0.717) is 12.1 Å². The van der Waals surface area contributed by atoms with Gasteiger partial charge >= 0.3 is 0 Å². The Bertz CT molecular complexity index is 635. The van der Waals surface area contributed by atoms with E-state index in [-0.39, 0.29) is 17.8 Å². The largest absolute Gasteiger partial charge is 0.366 e. The molecule has 0 aliphatic carbocycles. The first-order valence-electron chi connectivity index (χ1n) is 7.13. The standard InChI is InChI=1S/C16H18FN3O/c17-12-5-3-11(4-6-12)14-8-19-9-15(14)16(21)20-7-1-2-13(18)10-20/h3-6,8-9,13,19H,1-2,7,10,18H2/t13-/m1/s1. The highest BCUT2D eigenvalue weighted by atomic mass is 19.1. The molecule has 1 fully saturated rings. The average Bonchev–Trinajstić information content (AvgIpc) is 2.96. The third-order valence-corrected chi connectivity index (χ3v) is 3.88. The number of likely N-dealkylation sites (tertiary alicyclic amines) is 1. The average molecular weight is 287 g/mol. The van der Waals surface area contributed by atoms with Crippen molar-refractivity contribution in [2.45, 2.75) is 18.9 Å². The zero-order chi connectivity index (χ0) is 14.8. The molecular weight excluding hydrogens is 269 g/mol. The zero-order valence-electron chi connectivity index (χ0n) is 11.7. The summed E-state index contributed by atoms with van der Waals surface area (Å²) in [6.07, 6.45) is 5.36. The van der Waals surface area contributed by atoms with E-state index in [4.69, 9.17) is 5.73 Å². The second-order valence-corrected chi connectivity index (χ2v) is 5.44. The Balaban J connectivity index is 1.88. The number of halogens is 1. The number of benzene rings is 1. The van der Waals surface area contributed by atoms with Crippen molar-refractivity contribution in [3.63, 3.8) is 0 Å². The van der Waals surface area contributed by atoms with E-state index in [2.05, 4.69) is 4.98 Å². The van der Waals surface area contributed by atoms with Crippen molar-refractivity contribution < 1.29 is 9.18 Å². The van der Waals surface area contributed by atoms with Crippen LogP contribution in [0.1, 0.15) is 23.2 Å². The van der Waals surface area contributed by atoms with Crippen molar-refractivity contribution in [3.05, 3.63) is 48.0 Å². The van der Waals surface area contributed by atoms with Crippen LogP contribution < -0.4 is 5.73 Å². The van der Waals surface area contributed by atoms with Crippen LogP contribution in [0, 0.1) is 5.82 Å². The molecule has 0 spiro atoms. The van der Waals surface area contributed by atoms with Crippen LogP contribution in [0.5, 0.6) is 0 Å². The molecule has 1 amide bonds. The molecule has 1 saturated heterocycles. The number of nitrogens with one attached hydrogen (secondary N) is 1. The fraction of sp³-hybridized carbons (Fsp3) is 0.312. The minimum atomic E-state index is -0.288. The lowest BCUT2D eigenvalue weighted by Gasteiger charge is -2.30. The van der Waals surface area contributed by atoms with Crippen molar-refractivity contribution in [2.75, 3.05) is 13.1 Å². The van der Waals surface area contributed by atoms with Crippen LogP contribution in [0.4, 0.5) is 4.39 Å². The van der Waals surface area contributed by atoms with Gasteiger partial charge in [0.05, 0.1) is 5.56 Å². The summed E-state index contributed by atoms with van der Waals surface area (Å²) in [6.45, 7) is 1.33. The predicted octanol–water partition coefficient (Wildman–Crippen LogP) is 2.38. The van der Waals surface area contributed by atoms with Gasteiger partial charge in [-0.1, -0.05) is 12.1 Å². The van der Waals surface area contributed by atoms with Crippen LogP contribution in [-0.2, 0) is 0 Å². The number of hydrogen-bond donors (Lipinski definition) is 2. The Kier molecular flexibility index (Phi) is 3.75. The molecule has 2 aromatic rings. The van der Waals surface area contributed by atoms with Crippen molar-refractivity contribution in [1.29, 1.82) is 0 Å². The summed E-state index contributed by atoms with van der Waals surface area (Å²) in [5, 5.41) is 0. The quantitative estimate of drug-likeness (QED) is 0.891. The highest BCUT2D eigenvalue weighted by molar-refractivity contribution is 6.00. The summed E-state index contributed by atoms with van der Waals surface area (Å²) in [7, 11) is 0. The lowest BCUT2D eigenvalue weighted by molar-refractivity contribution is 0.0710. The number of rotatable bonds is 2. The Morgan fingerprint density at radius 1 is 1.29 bits per heavy atom. The third-order valence-electron chi connectivity index (χ3n) is 3.88. The summed E-state index contributed by atoms with van der Waals surface area (Å²) in [5.74, 6) is -0.310. The Morgan fingerprint density at radius 3 is 2.76 bits per heavy atom. The minimum Gasteiger partial charge on any atom is -0.366 e. The van der Waals surface area contributed by atoms with Crippen LogP contribution in [0.25, 0.3) is 11.1 Å². The third kappa shape index (κ3) is 2.83. The molecule has 2 heterocycles. The van der Waals surface area contributed by atoms with E-state index in [1.165, 1.54) is 12.1 Å². The van der Waals surface area contributed by atoms with Gasteiger partial charge < -0.3 is 15.6 Å². The summed E-state index contributed by atoms with van der Waals surface area (Å²) in [5.41, 5.74) is 8.16. The molecule has 1 aromatic heterocycles. The van der Waals surface area contributed by atoms with Crippen LogP contribution in [0.2, 0.25) is 0 Å². The molecule has 1 atom stereocenters. The zero-order valence-corrected chi connectivity index (χ0v) is 11.7. The molecule has 21 heavy (non-hydrogen) atoms. The van der Waals surface area contributed by atoms with E-state index in [0.717, 1.165) is 30.5 Å². The van der Waals surface area contributed by atoms with Gasteiger partial charge in [0.2, 0.25) is 0 Å². The molecule has 0 saturated carbocycles. The van der Waals surface area contributed by atoms with Crippen LogP contribution in [0.15, 0.2) is 36.7 Å². The molecule has 1 aromatic carbocycles. The lowest BCUT2D eigenvalue weighted by atomic mass is 10.0. The van der Waals surface area contributed by atoms with Gasteiger partial charge in [0.25, 0.3) is 5.91 Å². The predicted molar refractivity (Wildman–Crippen MR) is 79.3 cm³/mol. The van der Waals surface area contributed by atoms with E-state index in [1.807, 2.05) is 0 Å². The number of carbonyl (C=O) groups excluding carboxylic acids is 1. The van der Waals surface area contributed by atoms with Crippen molar-refractivity contribution in [3.8, 4) is 11.1 Å². The molecule has 0 radical (unpaired) electrons. The number of nitrogens with two attached hydrogens (primary N) is 1. The fourth-order valence-corrected chi connectivity index (χ4v) is 2.77. The SMILES string of the molecule is N[C@@H]1CCCN(C(=O)c2c[nH]cc2-c2ccc(F)cc2)C1. The molecule has 110 valence electrons. The Hall–Kier alpha value is -2.14. The van der Waals surface area contributed by atoms with Gasteiger partial charge in [-0.15, -0.1) is 0 Å². The summed E-state index contributed by atoms with van der Waals surface area (Å²) < 4.78 is 13.0. The van der Waals surface area contributed by atoms with Gasteiger partial charge in [0.1, 0.15) is 5.82 Å². The second-order valence-electron chi connectivity index (χ2n) is 5.44. The monoisotopic (exact) mass is 287 g/mol. The van der Waals surface area contributed by atoms with Gasteiger partial charge in [-0.2, -0.15) is 0 Å². The van der Waals surface area contributed by atoms with Crippen LogP contribution in [-0.4, -0.2) is 34.9 Å². The fourth-order valence-electron chi connectivity index (χ4n) is 2.77. The first-order chi connectivity index (χ1) is 10.1. The summed E-state index contributed by atoms with van der Waals surface area (Å²) in [4.78, 5) is 17.4. The molecule has 3 rings (SSSR count). The summed E-state index contributed by atoms with van der Waals surface area (Å²) >= 11 is 0. The number of aromatic nitrogens is 1. The first-order valence-corrected chi connectivity index (χ1v) is 7.13. The van der Waals surface area contributed by atoms with Crippen molar-refractivity contribution in [2.24, 2.45) is 5.73 Å². The van der Waals surface area contributed by atoms with Crippen LogP contribution in [0.3, 0.4) is 0 Å². The minimum absolute atomic E-state index is 0.0225. The number of carbonyl (C=O) groups is 1. The normalized spacial score (nSPS) is 18.8. The molecule has 1 aliphatic rings. The molecule has 5 heteroatoms. The Morgan fingerprint density at radius 2 is 2.05 bits per heavy atom. The van der Waals surface area contributed by atoms with E-state index in [1.54, 1.807) is 29.4 Å². The van der Waals surface area contributed by atoms with Crippen molar-refractivity contribution >= 4 is 5.91 Å². The number of hydrogen-bond acceptors (Lipinski definition) is 2.